The summed E-state index contributed by atoms with van der Waals surface area (Å²) in [5.41, 5.74) is 1.22. The van der Waals surface area contributed by atoms with Gasteiger partial charge in [0.2, 0.25) is 0 Å². The van der Waals surface area contributed by atoms with Gasteiger partial charge in [0.15, 0.2) is 0 Å². The molecule has 2 atom stereocenters. The normalized spacial score (nSPS) is 14.2. The van der Waals surface area contributed by atoms with Crippen LogP contribution in [-0.4, -0.2) is 10.1 Å². The summed E-state index contributed by atoms with van der Waals surface area (Å²) in [6.07, 6.45) is 2.42. The zero-order chi connectivity index (χ0) is 13.1. The molecule has 0 spiro atoms. The van der Waals surface area contributed by atoms with Crippen LogP contribution in [0.2, 0.25) is 0 Å². The average molecular weight is 310 g/mol. The number of nitrogens with zero attached hydrogens (tertiary/aromatic N) is 1. The Morgan fingerprint density at radius 2 is 1.89 bits per heavy atom. The second-order valence-electron chi connectivity index (χ2n) is 4.15. The Balaban J connectivity index is 2.34. The highest BCUT2D eigenvalue weighted by atomic mass is 79.9. The molecule has 1 N–H and O–H groups in total. The van der Waals surface area contributed by atoms with E-state index in [1.54, 1.807) is 24.5 Å². The Kier molecular flexibility index (Phi) is 4.09. The van der Waals surface area contributed by atoms with Crippen LogP contribution in [0.25, 0.3) is 0 Å². The predicted octanol–water partition coefficient (Wildman–Crippen LogP) is 3.82. The van der Waals surface area contributed by atoms with E-state index in [4.69, 9.17) is 0 Å². The minimum absolute atomic E-state index is 0.207. The van der Waals surface area contributed by atoms with E-state index >= 15 is 0 Å². The molecule has 0 fully saturated rings. The molecule has 1 aromatic heterocycles. The van der Waals surface area contributed by atoms with Crippen molar-refractivity contribution < 1.29 is 9.50 Å². The third-order valence-corrected chi connectivity index (χ3v) is 3.69. The van der Waals surface area contributed by atoms with Crippen molar-refractivity contribution in [2.24, 2.45) is 0 Å². The fourth-order valence-electron chi connectivity index (χ4n) is 1.89. The Morgan fingerprint density at radius 1 is 1.22 bits per heavy atom. The molecule has 0 saturated carbocycles. The van der Waals surface area contributed by atoms with E-state index in [2.05, 4.69) is 20.9 Å². The van der Waals surface area contributed by atoms with Gasteiger partial charge in [0.25, 0.3) is 0 Å². The summed E-state index contributed by atoms with van der Waals surface area (Å²) in [5.74, 6) is -0.612. The van der Waals surface area contributed by atoms with Gasteiger partial charge in [-0.2, -0.15) is 0 Å². The van der Waals surface area contributed by atoms with Gasteiger partial charge in [-0.1, -0.05) is 28.9 Å². The largest absolute Gasteiger partial charge is 0.388 e. The van der Waals surface area contributed by atoms with E-state index < -0.39 is 11.9 Å². The van der Waals surface area contributed by atoms with Crippen LogP contribution in [0.4, 0.5) is 4.39 Å². The van der Waals surface area contributed by atoms with Crippen molar-refractivity contribution in [2.45, 2.75) is 18.9 Å². The molecule has 18 heavy (non-hydrogen) atoms. The van der Waals surface area contributed by atoms with Crippen LogP contribution in [0.5, 0.6) is 0 Å². The number of hydrogen-bond acceptors (Lipinski definition) is 2. The quantitative estimate of drug-likeness (QED) is 0.935. The standard InChI is InChI=1S/C14H13BrFNO/c1-9(10-5-7-17-8-6-10)14(18)13-11(15)3-2-4-12(13)16/h2-9,14,18H,1H3. The summed E-state index contributed by atoms with van der Waals surface area (Å²) in [4.78, 5) is 3.93. The molecule has 1 aromatic carbocycles. The maximum absolute atomic E-state index is 13.8. The zero-order valence-electron chi connectivity index (χ0n) is 9.85. The van der Waals surface area contributed by atoms with Gasteiger partial charge in [-0.25, -0.2) is 4.39 Å². The van der Waals surface area contributed by atoms with Crippen LogP contribution in [0, 0.1) is 5.82 Å². The molecule has 4 heteroatoms. The van der Waals surface area contributed by atoms with E-state index in [0.717, 1.165) is 5.56 Å². The van der Waals surface area contributed by atoms with Crippen molar-refractivity contribution in [2.75, 3.05) is 0 Å². The van der Waals surface area contributed by atoms with Gasteiger partial charge in [-0.05, 0) is 29.8 Å². The van der Waals surface area contributed by atoms with E-state index in [1.165, 1.54) is 6.07 Å². The smallest absolute Gasteiger partial charge is 0.130 e. The number of aliphatic hydroxyl groups is 1. The van der Waals surface area contributed by atoms with E-state index in [9.17, 15) is 9.50 Å². The number of aromatic nitrogens is 1. The van der Waals surface area contributed by atoms with Crippen molar-refractivity contribution >= 4 is 15.9 Å². The molecule has 0 radical (unpaired) electrons. The first-order valence-electron chi connectivity index (χ1n) is 5.63. The van der Waals surface area contributed by atoms with E-state index in [0.29, 0.717) is 10.0 Å². The third-order valence-electron chi connectivity index (χ3n) is 3.00. The van der Waals surface area contributed by atoms with Crippen LogP contribution in [0.3, 0.4) is 0 Å². The first kappa shape index (κ1) is 13.2. The molecule has 94 valence electrons. The molecular formula is C14H13BrFNO. The van der Waals surface area contributed by atoms with Gasteiger partial charge in [0.05, 0.1) is 6.10 Å². The number of benzene rings is 1. The highest BCUT2D eigenvalue weighted by Crippen LogP contribution is 2.35. The lowest BCUT2D eigenvalue weighted by atomic mass is 9.91. The van der Waals surface area contributed by atoms with Crippen LogP contribution >= 0.6 is 15.9 Å². The van der Waals surface area contributed by atoms with Crippen molar-refractivity contribution in [3.05, 3.63) is 64.1 Å². The first-order chi connectivity index (χ1) is 8.61. The molecule has 2 unspecified atom stereocenters. The summed E-state index contributed by atoms with van der Waals surface area (Å²) in [7, 11) is 0. The molecular weight excluding hydrogens is 297 g/mol. The van der Waals surface area contributed by atoms with Gasteiger partial charge in [0.1, 0.15) is 5.82 Å². The number of pyridine rings is 1. The summed E-state index contributed by atoms with van der Waals surface area (Å²) in [6.45, 7) is 1.86. The topological polar surface area (TPSA) is 33.1 Å². The lowest BCUT2D eigenvalue weighted by Gasteiger charge is -2.21. The maximum atomic E-state index is 13.8. The molecule has 0 bridgehead atoms. The summed E-state index contributed by atoms with van der Waals surface area (Å²) in [6, 6.07) is 8.32. The first-order valence-corrected chi connectivity index (χ1v) is 6.42. The number of halogens is 2. The van der Waals surface area contributed by atoms with E-state index in [1.807, 2.05) is 19.1 Å². The molecule has 0 aliphatic carbocycles. The highest BCUT2D eigenvalue weighted by molar-refractivity contribution is 9.10. The van der Waals surface area contributed by atoms with Gasteiger partial charge in [-0.15, -0.1) is 0 Å². The summed E-state index contributed by atoms with van der Waals surface area (Å²) < 4.78 is 14.4. The molecule has 2 aromatic rings. The van der Waals surface area contributed by atoms with Gasteiger partial charge >= 0.3 is 0 Å². The van der Waals surface area contributed by atoms with Gasteiger partial charge < -0.3 is 5.11 Å². The monoisotopic (exact) mass is 309 g/mol. The predicted molar refractivity (Wildman–Crippen MR) is 71.7 cm³/mol. The van der Waals surface area contributed by atoms with Crippen LogP contribution < -0.4 is 0 Å². The minimum atomic E-state index is -0.900. The average Bonchev–Trinajstić information content (AvgIpc) is 2.38. The lowest BCUT2D eigenvalue weighted by molar-refractivity contribution is 0.146. The van der Waals surface area contributed by atoms with Crippen molar-refractivity contribution in [3.8, 4) is 0 Å². The number of aliphatic hydroxyl groups excluding tert-OH is 1. The second-order valence-corrected chi connectivity index (χ2v) is 5.00. The Bertz CT molecular complexity index is 512. The van der Waals surface area contributed by atoms with Crippen molar-refractivity contribution in [3.63, 3.8) is 0 Å². The number of rotatable bonds is 3. The summed E-state index contributed by atoms with van der Waals surface area (Å²) >= 11 is 3.28. The molecule has 1 heterocycles. The third kappa shape index (κ3) is 2.60. The molecule has 2 rings (SSSR count). The van der Waals surface area contributed by atoms with Crippen molar-refractivity contribution in [1.82, 2.24) is 4.98 Å². The molecule has 0 amide bonds. The number of hydrogen-bond donors (Lipinski definition) is 1. The Hall–Kier alpha value is -1.26. The zero-order valence-corrected chi connectivity index (χ0v) is 11.4. The lowest BCUT2D eigenvalue weighted by Crippen LogP contribution is -2.10. The Morgan fingerprint density at radius 3 is 2.50 bits per heavy atom. The minimum Gasteiger partial charge on any atom is -0.388 e. The molecule has 0 aliphatic rings. The second kappa shape index (κ2) is 5.59. The molecule has 2 nitrogen and oxygen atoms in total. The maximum Gasteiger partial charge on any atom is 0.130 e. The van der Waals surface area contributed by atoms with Crippen LogP contribution in [0.15, 0.2) is 47.2 Å². The summed E-state index contributed by atoms with van der Waals surface area (Å²) in [5, 5.41) is 10.3. The van der Waals surface area contributed by atoms with Gasteiger partial charge in [0, 0.05) is 28.3 Å². The SMILES string of the molecule is CC(c1ccncc1)C(O)c1c(F)cccc1Br. The molecule has 0 saturated heterocycles. The fourth-order valence-corrected chi connectivity index (χ4v) is 2.47. The van der Waals surface area contributed by atoms with Crippen LogP contribution in [-0.2, 0) is 0 Å². The fraction of sp³-hybridized carbons (Fsp3) is 0.214. The van der Waals surface area contributed by atoms with Crippen molar-refractivity contribution in [1.29, 1.82) is 0 Å². The Labute approximate surface area is 114 Å². The van der Waals surface area contributed by atoms with E-state index in [-0.39, 0.29) is 5.92 Å². The highest BCUT2D eigenvalue weighted by Gasteiger charge is 2.23. The van der Waals surface area contributed by atoms with Gasteiger partial charge in [-0.3, -0.25) is 4.98 Å². The van der Waals surface area contributed by atoms with Crippen LogP contribution in [0.1, 0.15) is 30.1 Å². The molecule has 0 aliphatic heterocycles.